The van der Waals surface area contributed by atoms with Gasteiger partial charge in [-0.2, -0.15) is 0 Å². The Morgan fingerprint density at radius 1 is 1.25 bits per heavy atom. The van der Waals surface area contributed by atoms with Gasteiger partial charge in [-0.3, -0.25) is 14.3 Å². The highest BCUT2D eigenvalue weighted by Crippen LogP contribution is 2.18. The van der Waals surface area contributed by atoms with Gasteiger partial charge in [0, 0.05) is 7.05 Å². The molecule has 0 aliphatic carbocycles. The second-order valence-electron chi connectivity index (χ2n) is 6.47. The highest BCUT2D eigenvalue weighted by atomic mass is 32.2. The lowest BCUT2D eigenvalue weighted by molar-refractivity contribution is -0.113. The van der Waals surface area contributed by atoms with Crippen molar-refractivity contribution in [3.8, 4) is 5.69 Å². The van der Waals surface area contributed by atoms with E-state index in [4.69, 9.17) is 4.42 Å². The number of carbonyl (C=O) groups is 1. The number of para-hydroxylation sites is 1. The van der Waals surface area contributed by atoms with E-state index in [1.54, 1.807) is 18.7 Å². The van der Waals surface area contributed by atoms with Crippen LogP contribution >= 0.6 is 11.8 Å². The lowest BCUT2D eigenvalue weighted by Crippen LogP contribution is -2.23. The Balaban J connectivity index is 1.69. The summed E-state index contributed by atoms with van der Waals surface area (Å²) in [5.41, 5.74) is 1.37. The topological polar surface area (TPSA) is 98.2 Å². The highest BCUT2D eigenvalue weighted by Gasteiger charge is 2.18. The second kappa shape index (κ2) is 8.44. The number of amides is 1. The van der Waals surface area contributed by atoms with E-state index in [-0.39, 0.29) is 22.9 Å². The van der Waals surface area contributed by atoms with Crippen LogP contribution in [0.5, 0.6) is 0 Å². The Hall–Kier alpha value is -2.85. The number of carbonyl (C=O) groups excluding carboxylic acids is 1. The molecule has 2 heterocycles. The van der Waals surface area contributed by atoms with Crippen molar-refractivity contribution in [1.29, 1.82) is 0 Å². The number of nitrogens with zero attached hydrogens (tertiary/aromatic N) is 5. The van der Waals surface area contributed by atoms with Crippen molar-refractivity contribution < 1.29 is 9.21 Å². The van der Waals surface area contributed by atoms with Gasteiger partial charge < -0.3 is 14.6 Å². The van der Waals surface area contributed by atoms with Gasteiger partial charge in [-0.1, -0.05) is 30.0 Å². The van der Waals surface area contributed by atoms with Gasteiger partial charge in [-0.25, -0.2) is 4.68 Å². The van der Waals surface area contributed by atoms with Crippen molar-refractivity contribution in [2.75, 3.05) is 25.2 Å². The molecule has 0 spiro atoms. The Kier molecular flexibility index (Phi) is 6.00. The van der Waals surface area contributed by atoms with Crippen LogP contribution in [0.2, 0.25) is 0 Å². The molecule has 0 saturated heterocycles. The number of rotatable bonds is 7. The van der Waals surface area contributed by atoms with E-state index in [1.165, 1.54) is 4.68 Å². The van der Waals surface area contributed by atoms with Crippen molar-refractivity contribution in [1.82, 2.24) is 24.5 Å². The number of aromatic nitrogens is 4. The number of thioether (sulfide) groups is 1. The first-order chi connectivity index (χ1) is 13.4. The van der Waals surface area contributed by atoms with Crippen LogP contribution in [0.25, 0.3) is 5.69 Å². The smallest absolute Gasteiger partial charge is 0.295 e. The molecular weight excluding hydrogens is 380 g/mol. The van der Waals surface area contributed by atoms with Gasteiger partial charge in [0.2, 0.25) is 11.8 Å². The van der Waals surface area contributed by atoms with Crippen LogP contribution in [0.4, 0.5) is 5.69 Å². The molecule has 0 saturated carbocycles. The van der Waals surface area contributed by atoms with E-state index in [2.05, 4.69) is 15.5 Å². The van der Waals surface area contributed by atoms with Crippen molar-refractivity contribution in [2.24, 2.45) is 7.05 Å². The molecule has 10 heteroatoms. The Morgan fingerprint density at radius 2 is 1.96 bits per heavy atom. The summed E-state index contributed by atoms with van der Waals surface area (Å²) in [6.45, 7) is 2.32. The molecule has 148 valence electrons. The normalized spacial score (nSPS) is 11.2. The van der Waals surface area contributed by atoms with Crippen LogP contribution < -0.4 is 10.9 Å². The van der Waals surface area contributed by atoms with Crippen molar-refractivity contribution in [2.45, 2.75) is 18.7 Å². The number of anilines is 1. The first-order valence-corrected chi connectivity index (χ1v) is 9.59. The van der Waals surface area contributed by atoms with Crippen LogP contribution in [-0.4, -0.2) is 50.2 Å². The highest BCUT2D eigenvalue weighted by molar-refractivity contribution is 7.99. The van der Waals surface area contributed by atoms with Gasteiger partial charge >= 0.3 is 0 Å². The summed E-state index contributed by atoms with van der Waals surface area (Å²) in [5.74, 6) is 0.226. The lowest BCUT2D eigenvalue weighted by Gasteiger charge is -2.07. The molecule has 0 bridgehead atoms. The van der Waals surface area contributed by atoms with Gasteiger partial charge in [0.25, 0.3) is 10.8 Å². The molecule has 0 atom stereocenters. The summed E-state index contributed by atoms with van der Waals surface area (Å²) in [7, 11) is 5.57. The average molecular weight is 402 g/mol. The third-order valence-electron chi connectivity index (χ3n) is 4.05. The van der Waals surface area contributed by atoms with Gasteiger partial charge in [0.05, 0.1) is 23.7 Å². The van der Waals surface area contributed by atoms with Gasteiger partial charge in [0.1, 0.15) is 5.69 Å². The second-order valence-corrected chi connectivity index (χ2v) is 7.40. The predicted octanol–water partition coefficient (Wildman–Crippen LogP) is 1.66. The van der Waals surface area contributed by atoms with E-state index in [0.29, 0.717) is 23.4 Å². The maximum Gasteiger partial charge on any atom is 0.295 e. The summed E-state index contributed by atoms with van der Waals surface area (Å²) in [4.78, 5) is 27.1. The maximum absolute atomic E-state index is 12.8. The van der Waals surface area contributed by atoms with E-state index in [1.807, 2.05) is 49.3 Å². The molecule has 28 heavy (non-hydrogen) atoms. The first kappa shape index (κ1) is 19.9. The lowest BCUT2D eigenvalue weighted by atomic mass is 10.3. The minimum atomic E-state index is -0.316. The zero-order chi connectivity index (χ0) is 20.3. The molecular formula is C18H22N6O3S. The molecule has 3 rings (SSSR count). The minimum Gasteiger partial charge on any atom is -0.415 e. The molecule has 9 nitrogen and oxygen atoms in total. The van der Waals surface area contributed by atoms with Crippen molar-refractivity contribution in [3.63, 3.8) is 0 Å². The fraction of sp³-hybridized carbons (Fsp3) is 0.333. The van der Waals surface area contributed by atoms with Gasteiger partial charge in [-0.15, -0.1) is 10.2 Å². The molecule has 1 aromatic carbocycles. The van der Waals surface area contributed by atoms with Crippen LogP contribution in [0.1, 0.15) is 11.6 Å². The fourth-order valence-corrected chi connectivity index (χ4v) is 3.23. The monoisotopic (exact) mass is 402 g/mol. The largest absolute Gasteiger partial charge is 0.415 e. The molecule has 0 unspecified atom stereocenters. The van der Waals surface area contributed by atoms with Crippen LogP contribution in [0.3, 0.4) is 0 Å². The summed E-state index contributed by atoms with van der Waals surface area (Å²) < 4.78 is 8.70. The molecule has 0 aliphatic rings. The third kappa shape index (κ3) is 4.34. The molecule has 3 aromatic rings. The van der Waals surface area contributed by atoms with E-state index >= 15 is 0 Å². The third-order valence-corrected chi connectivity index (χ3v) is 4.86. The predicted molar refractivity (Wildman–Crippen MR) is 107 cm³/mol. The fourth-order valence-electron chi connectivity index (χ4n) is 2.65. The van der Waals surface area contributed by atoms with Crippen LogP contribution in [-0.2, 0) is 18.4 Å². The quantitative estimate of drug-likeness (QED) is 0.600. The van der Waals surface area contributed by atoms with Gasteiger partial charge in [0.15, 0.2) is 0 Å². The zero-order valence-electron chi connectivity index (χ0n) is 16.2. The molecule has 2 aromatic heterocycles. The zero-order valence-corrected chi connectivity index (χ0v) is 17.0. The Labute approximate surface area is 166 Å². The minimum absolute atomic E-state index is 0.0582. The standard InChI is InChI=1S/C18H22N6O3S/c1-12-16(17(26)24(23(12)4)13-8-6-5-7-9-13)19-14(25)11-28-18-21-20-15(27-18)10-22(2)3/h5-9H,10-11H2,1-4H3,(H,19,25). The maximum atomic E-state index is 12.8. The summed E-state index contributed by atoms with van der Waals surface area (Å²) in [6.07, 6.45) is 0. The van der Waals surface area contributed by atoms with E-state index in [0.717, 1.165) is 17.4 Å². The Bertz CT molecular complexity index is 1020. The van der Waals surface area contributed by atoms with Gasteiger partial charge in [-0.05, 0) is 33.2 Å². The number of benzene rings is 1. The molecule has 1 amide bonds. The SMILES string of the molecule is Cc1c(NC(=O)CSc2nnc(CN(C)C)o2)c(=O)n(-c2ccccc2)n1C. The van der Waals surface area contributed by atoms with E-state index in [9.17, 15) is 9.59 Å². The molecule has 0 radical (unpaired) electrons. The van der Waals surface area contributed by atoms with E-state index < -0.39 is 0 Å². The van der Waals surface area contributed by atoms with Crippen molar-refractivity contribution >= 4 is 23.4 Å². The average Bonchev–Trinajstić information content (AvgIpc) is 3.18. The Morgan fingerprint density at radius 3 is 2.64 bits per heavy atom. The summed E-state index contributed by atoms with van der Waals surface area (Å²) in [5, 5.41) is 10.9. The summed E-state index contributed by atoms with van der Waals surface area (Å²) >= 11 is 1.13. The number of nitrogens with one attached hydrogen (secondary N) is 1. The van der Waals surface area contributed by atoms with Crippen LogP contribution in [0, 0.1) is 6.92 Å². The summed E-state index contributed by atoms with van der Waals surface area (Å²) in [6, 6.07) is 9.26. The molecule has 0 fully saturated rings. The van der Waals surface area contributed by atoms with Crippen molar-refractivity contribution in [3.05, 3.63) is 52.3 Å². The van der Waals surface area contributed by atoms with Crippen LogP contribution in [0.15, 0.2) is 44.8 Å². The number of hydrogen-bond donors (Lipinski definition) is 1. The number of hydrogen-bond acceptors (Lipinski definition) is 7. The first-order valence-electron chi connectivity index (χ1n) is 8.60. The molecule has 1 N–H and O–H groups in total. The molecule has 0 aliphatic heterocycles.